The summed E-state index contributed by atoms with van der Waals surface area (Å²) in [6.07, 6.45) is 2.31. The topological polar surface area (TPSA) is 81.8 Å². The Morgan fingerprint density at radius 2 is 2.00 bits per heavy atom. The molecular formula is C22H25N5O2S. The number of carbonyl (C=O) groups is 1. The van der Waals surface area contributed by atoms with Crippen LogP contribution < -0.4 is 10.9 Å². The molecule has 0 saturated heterocycles. The van der Waals surface area contributed by atoms with E-state index in [1.165, 1.54) is 22.2 Å². The zero-order chi connectivity index (χ0) is 21.4. The number of amides is 1. The Balaban J connectivity index is 1.57. The third kappa shape index (κ3) is 3.63. The van der Waals surface area contributed by atoms with Crippen LogP contribution in [0.2, 0.25) is 0 Å². The maximum atomic E-state index is 12.7. The van der Waals surface area contributed by atoms with E-state index >= 15 is 0 Å². The quantitative estimate of drug-likeness (QED) is 0.511. The second kappa shape index (κ2) is 8.02. The number of benzene rings is 1. The van der Waals surface area contributed by atoms with Crippen LogP contribution in [0.25, 0.3) is 21.3 Å². The highest BCUT2D eigenvalue weighted by Crippen LogP contribution is 2.25. The molecule has 8 heteroatoms. The summed E-state index contributed by atoms with van der Waals surface area (Å²) in [5.74, 6) is 0.546. The molecule has 0 aliphatic carbocycles. The average Bonchev–Trinajstić information content (AvgIpc) is 3.32. The van der Waals surface area contributed by atoms with E-state index in [-0.39, 0.29) is 30.1 Å². The summed E-state index contributed by atoms with van der Waals surface area (Å²) in [5, 5.41) is 3.56. The minimum Gasteiger partial charge on any atom is -0.345 e. The van der Waals surface area contributed by atoms with E-state index in [4.69, 9.17) is 4.98 Å². The zero-order valence-corrected chi connectivity index (χ0v) is 18.4. The molecular weight excluding hydrogens is 398 g/mol. The molecule has 1 N–H and O–H groups in total. The van der Waals surface area contributed by atoms with Crippen LogP contribution in [0.3, 0.4) is 0 Å². The van der Waals surface area contributed by atoms with E-state index in [9.17, 15) is 9.59 Å². The van der Waals surface area contributed by atoms with Gasteiger partial charge in [0.15, 0.2) is 0 Å². The van der Waals surface area contributed by atoms with Crippen LogP contribution in [-0.2, 0) is 17.8 Å². The van der Waals surface area contributed by atoms with Crippen LogP contribution in [-0.4, -0.2) is 25.0 Å². The molecule has 0 radical (unpaired) electrons. The first kappa shape index (κ1) is 20.3. The van der Waals surface area contributed by atoms with Gasteiger partial charge in [0.2, 0.25) is 5.91 Å². The number of thiophene rings is 1. The molecule has 3 heterocycles. The number of aryl methyl sites for hydroxylation is 1. The van der Waals surface area contributed by atoms with E-state index in [1.807, 2.05) is 44.2 Å². The maximum Gasteiger partial charge on any atom is 0.262 e. The summed E-state index contributed by atoms with van der Waals surface area (Å²) in [6.45, 7) is 8.07. The maximum absolute atomic E-state index is 12.7. The molecule has 0 spiro atoms. The molecule has 30 heavy (non-hydrogen) atoms. The SMILES string of the molecule is CCc1cc2c(=O)n(CC(=O)N[C@@H](C)c3nc4ccccc4n3C(C)C)cnc2s1. The third-order valence-electron chi connectivity index (χ3n) is 5.14. The Morgan fingerprint density at radius 3 is 2.73 bits per heavy atom. The van der Waals surface area contributed by atoms with Gasteiger partial charge in [-0.25, -0.2) is 9.97 Å². The first-order valence-electron chi connectivity index (χ1n) is 10.1. The number of hydrogen-bond acceptors (Lipinski definition) is 5. The molecule has 0 saturated carbocycles. The van der Waals surface area contributed by atoms with Gasteiger partial charge in [0.25, 0.3) is 5.56 Å². The molecule has 156 valence electrons. The highest BCUT2D eigenvalue weighted by atomic mass is 32.1. The van der Waals surface area contributed by atoms with Crippen LogP contribution in [0.4, 0.5) is 0 Å². The zero-order valence-electron chi connectivity index (χ0n) is 17.5. The third-order valence-corrected chi connectivity index (χ3v) is 6.32. The Morgan fingerprint density at radius 1 is 1.23 bits per heavy atom. The summed E-state index contributed by atoms with van der Waals surface area (Å²) in [4.78, 5) is 36.4. The van der Waals surface area contributed by atoms with Crippen molar-refractivity contribution in [2.24, 2.45) is 0 Å². The van der Waals surface area contributed by atoms with Gasteiger partial charge in [-0.2, -0.15) is 0 Å². The molecule has 0 aliphatic rings. The largest absolute Gasteiger partial charge is 0.345 e. The normalized spacial score (nSPS) is 12.7. The molecule has 1 amide bonds. The number of nitrogens with zero attached hydrogens (tertiary/aromatic N) is 4. The van der Waals surface area contributed by atoms with Gasteiger partial charge < -0.3 is 9.88 Å². The Hall–Kier alpha value is -3.00. The van der Waals surface area contributed by atoms with Crippen LogP contribution in [0.1, 0.15) is 50.5 Å². The van der Waals surface area contributed by atoms with E-state index in [0.29, 0.717) is 10.2 Å². The minimum absolute atomic E-state index is 0.0781. The smallest absolute Gasteiger partial charge is 0.262 e. The molecule has 7 nitrogen and oxygen atoms in total. The van der Waals surface area contributed by atoms with Gasteiger partial charge in [0.05, 0.1) is 28.8 Å². The van der Waals surface area contributed by atoms with Gasteiger partial charge in [-0.1, -0.05) is 19.1 Å². The lowest BCUT2D eigenvalue weighted by Gasteiger charge is -2.19. The Bertz CT molecular complexity index is 1280. The van der Waals surface area contributed by atoms with Crippen molar-refractivity contribution in [1.29, 1.82) is 0 Å². The number of fused-ring (bicyclic) bond motifs is 2. The predicted molar refractivity (Wildman–Crippen MR) is 120 cm³/mol. The first-order valence-corrected chi connectivity index (χ1v) is 10.9. The monoisotopic (exact) mass is 423 g/mol. The van der Waals surface area contributed by atoms with Crippen molar-refractivity contribution in [3.63, 3.8) is 0 Å². The Kier molecular flexibility index (Phi) is 5.42. The lowest BCUT2D eigenvalue weighted by molar-refractivity contribution is -0.122. The lowest BCUT2D eigenvalue weighted by Crippen LogP contribution is -2.34. The number of imidazole rings is 1. The fourth-order valence-electron chi connectivity index (χ4n) is 3.71. The average molecular weight is 424 g/mol. The number of para-hydroxylation sites is 2. The van der Waals surface area contributed by atoms with Crippen molar-refractivity contribution in [2.75, 3.05) is 0 Å². The van der Waals surface area contributed by atoms with Gasteiger partial charge in [-0.05, 0) is 45.4 Å². The fraction of sp³-hybridized carbons (Fsp3) is 0.364. The van der Waals surface area contributed by atoms with Crippen LogP contribution in [0.5, 0.6) is 0 Å². The standard InChI is InChI=1S/C22H25N5O2S/c1-5-15-10-16-21(30-15)23-12-26(22(16)29)11-19(28)24-14(4)20-25-17-8-6-7-9-18(17)27(20)13(2)3/h6-10,12-14H,5,11H2,1-4H3,(H,24,28)/t14-/m0/s1. The van der Waals surface area contributed by atoms with Gasteiger partial charge >= 0.3 is 0 Å². The van der Waals surface area contributed by atoms with Crippen molar-refractivity contribution in [3.05, 3.63) is 57.7 Å². The molecule has 3 aromatic heterocycles. The van der Waals surface area contributed by atoms with Gasteiger partial charge in [0, 0.05) is 10.9 Å². The summed E-state index contributed by atoms with van der Waals surface area (Å²) in [7, 11) is 0. The van der Waals surface area contributed by atoms with Crippen LogP contribution in [0, 0.1) is 0 Å². The summed E-state index contributed by atoms with van der Waals surface area (Å²) in [5.41, 5.74) is 1.75. The number of carbonyl (C=O) groups excluding carboxylic acids is 1. The molecule has 4 rings (SSSR count). The number of nitrogens with one attached hydrogen (secondary N) is 1. The first-order chi connectivity index (χ1) is 14.4. The number of aromatic nitrogens is 4. The second-order valence-corrected chi connectivity index (χ2v) is 8.79. The molecule has 1 aromatic carbocycles. The highest BCUT2D eigenvalue weighted by Gasteiger charge is 2.20. The van der Waals surface area contributed by atoms with Crippen molar-refractivity contribution in [2.45, 2.75) is 52.7 Å². The fourth-order valence-corrected chi connectivity index (χ4v) is 4.64. The van der Waals surface area contributed by atoms with Gasteiger partial charge in [-0.15, -0.1) is 11.3 Å². The van der Waals surface area contributed by atoms with Crippen molar-refractivity contribution in [3.8, 4) is 0 Å². The second-order valence-electron chi connectivity index (χ2n) is 7.67. The number of rotatable bonds is 6. The summed E-state index contributed by atoms with van der Waals surface area (Å²) >= 11 is 1.52. The summed E-state index contributed by atoms with van der Waals surface area (Å²) < 4.78 is 3.50. The molecule has 0 aliphatic heterocycles. The predicted octanol–water partition coefficient (Wildman–Crippen LogP) is 3.83. The lowest BCUT2D eigenvalue weighted by atomic mass is 10.2. The molecule has 0 unspecified atom stereocenters. The van der Waals surface area contributed by atoms with Crippen LogP contribution in [0.15, 0.2) is 41.5 Å². The van der Waals surface area contributed by atoms with E-state index in [1.54, 1.807) is 0 Å². The van der Waals surface area contributed by atoms with Crippen molar-refractivity contribution >= 4 is 38.5 Å². The van der Waals surface area contributed by atoms with Crippen molar-refractivity contribution < 1.29 is 4.79 Å². The van der Waals surface area contributed by atoms with Crippen molar-refractivity contribution in [1.82, 2.24) is 24.4 Å². The van der Waals surface area contributed by atoms with Gasteiger partial charge in [0.1, 0.15) is 17.2 Å². The summed E-state index contributed by atoms with van der Waals surface area (Å²) in [6, 6.07) is 9.72. The van der Waals surface area contributed by atoms with E-state index < -0.39 is 0 Å². The highest BCUT2D eigenvalue weighted by molar-refractivity contribution is 7.18. The molecule has 1 atom stereocenters. The molecule has 0 fully saturated rings. The van der Waals surface area contributed by atoms with E-state index in [2.05, 4.69) is 28.7 Å². The van der Waals surface area contributed by atoms with Gasteiger partial charge in [-0.3, -0.25) is 14.2 Å². The molecule has 0 bridgehead atoms. The minimum atomic E-state index is -0.299. The molecule has 4 aromatic rings. The Labute approximate surface area is 178 Å². The van der Waals surface area contributed by atoms with E-state index in [0.717, 1.165) is 28.2 Å². The van der Waals surface area contributed by atoms with Crippen LogP contribution >= 0.6 is 11.3 Å². The number of hydrogen-bond donors (Lipinski definition) is 1.